The zero-order chi connectivity index (χ0) is 42.5. The second-order valence-corrected chi connectivity index (χ2v) is 20.6. The fourth-order valence-electron chi connectivity index (χ4n) is 7.38. The number of rotatable bonds is 21. The lowest BCUT2D eigenvalue weighted by molar-refractivity contribution is -0.890. The molecule has 60 heavy (non-hydrogen) atoms. The molecule has 2 aromatic heterocycles. The summed E-state index contributed by atoms with van der Waals surface area (Å²) in [6.45, 7) is 6.86. The van der Waals surface area contributed by atoms with Crippen LogP contribution < -0.4 is 18.9 Å². The summed E-state index contributed by atoms with van der Waals surface area (Å²) in [5, 5.41) is 5.09. The molecule has 0 unspecified atom stereocenters. The molecule has 6 nitrogen and oxygen atoms in total. The maximum Gasteiger partial charge on any atom is 0.169 e. The number of nitrogens with zero attached hydrogens (tertiary/aromatic N) is 6. The number of quaternary nitrogens is 2. The molecule has 0 amide bonds. The minimum Gasteiger partial charge on any atom is -0.378 e. The van der Waals surface area contributed by atoms with E-state index in [2.05, 4.69) is 221 Å². The highest BCUT2D eigenvalue weighted by atomic mass is 33.1. The summed E-state index contributed by atoms with van der Waals surface area (Å²) in [6.07, 6.45) is 20.1. The van der Waals surface area contributed by atoms with Gasteiger partial charge >= 0.3 is 0 Å². The van der Waals surface area contributed by atoms with Gasteiger partial charge in [0.15, 0.2) is 37.9 Å². The van der Waals surface area contributed by atoms with Crippen molar-refractivity contribution in [2.45, 2.75) is 25.9 Å². The Morgan fingerprint density at radius 3 is 1.17 bits per heavy atom. The summed E-state index contributed by atoms with van der Waals surface area (Å²) in [4.78, 5) is 4.29. The van der Waals surface area contributed by atoms with E-state index >= 15 is 0 Å². The number of hydrogen-bond acceptors (Lipinski definition) is 4. The van der Waals surface area contributed by atoms with Crippen LogP contribution in [0.2, 0.25) is 0 Å². The van der Waals surface area contributed by atoms with Gasteiger partial charge in [0.2, 0.25) is 0 Å². The molecular weight excluding hydrogens is 773 g/mol. The minimum absolute atomic E-state index is 1.05. The monoisotopic (exact) mass is 840 g/mol. The number of aromatic nitrogens is 2. The van der Waals surface area contributed by atoms with Crippen molar-refractivity contribution < 1.29 is 18.1 Å². The van der Waals surface area contributed by atoms with Crippen molar-refractivity contribution >= 4 is 78.8 Å². The summed E-state index contributed by atoms with van der Waals surface area (Å²) >= 11 is 0. The SMILES string of the molecule is CN(C)c1ccc2cc(/C=C/c3cc[n+](CCC[N+](C)(C)CCSSCC[N+](C)(C)CCC[n+]4ccc(/C=C/c5ccc6cc(N(C)C)ccc6c5)cc4)cc3)ccc2c1. The summed E-state index contributed by atoms with van der Waals surface area (Å²) in [5.41, 5.74) is 7.36. The van der Waals surface area contributed by atoms with E-state index in [0.29, 0.717) is 0 Å². The van der Waals surface area contributed by atoms with E-state index in [1.165, 1.54) is 106 Å². The number of hydrogen-bond donors (Lipinski definition) is 0. The molecular formula is C52H68N6S2+4. The standard InChI is InChI=1S/C52H68N6S2/c1-53(2)51-21-19-47-39-45(15-17-49(47)41-51)13-11-43-23-29-55(30-24-43)27-9-33-57(5,6)35-37-59-60-38-36-58(7,8)34-10-28-56-31-25-44(26-32-56)12-14-46-16-18-50-42-52(54(3)4)22-20-48(50)40-46/h11-26,29-32,39-42H,9-10,27-28,33-38H2,1-8H3/q+4. The Balaban J connectivity index is 0.820. The first-order valence-electron chi connectivity index (χ1n) is 21.5. The Kier molecular flexibility index (Phi) is 15.9. The van der Waals surface area contributed by atoms with Gasteiger partial charge in [-0.15, -0.1) is 0 Å². The van der Waals surface area contributed by atoms with E-state index in [9.17, 15) is 0 Å². The maximum atomic E-state index is 2.38. The average molecular weight is 841 g/mol. The Hall–Kier alpha value is -4.60. The molecule has 0 spiro atoms. The lowest BCUT2D eigenvalue weighted by Gasteiger charge is -2.30. The van der Waals surface area contributed by atoms with E-state index in [1.54, 1.807) is 0 Å². The van der Waals surface area contributed by atoms with Crippen molar-refractivity contribution in [2.75, 3.05) is 104 Å². The van der Waals surface area contributed by atoms with Crippen LogP contribution in [-0.4, -0.2) is 103 Å². The molecule has 0 aliphatic carbocycles. The Morgan fingerprint density at radius 1 is 0.433 bits per heavy atom. The predicted molar refractivity (Wildman–Crippen MR) is 266 cm³/mol. The molecule has 6 rings (SSSR count). The maximum absolute atomic E-state index is 2.38. The molecule has 0 bridgehead atoms. The van der Waals surface area contributed by atoms with Gasteiger partial charge in [0.25, 0.3) is 0 Å². The van der Waals surface area contributed by atoms with Crippen LogP contribution in [0.1, 0.15) is 35.1 Å². The van der Waals surface area contributed by atoms with Crippen molar-refractivity contribution in [1.82, 2.24) is 0 Å². The number of pyridine rings is 2. The molecule has 314 valence electrons. The van der Waals surface area contributed by atoms with Crippen LogP contribution in [0.5, 0.6) is 0 Å². The fourth-order valence-corrected chi connectivity index (χ4v) is 9.91. The molecule has 8 heteroatoms. The zero-order valence-electron chi connectivity index (χ0n) is 37.4. The van der Waals surface area contributed by atoms with Crippen molar-refractivity contribution in [2.24, 2.45) is 0 Å². The number of anilines is 2. The summed E-state index contributed by atoms with van der Waals surface area (Å²) in [5.74, 6) is 2.38. The molecule has 6 aromatic rings. The van der Waals surface area contributed by atoms with Crippen molar-refractivity contribution in [1.29, 1.82) is 0 Å². The first kappa shape index (κ1) is 44.9. The number of fused-ring (bicyclic) bond motifs is 2. The third kappa shape index (κ3) is 14.0. The van der Waals surface area contributed by atoms with Crippen LogP contribution in [0.25, 0.3) is 45.8 Å². The van der Waals surface area contributed by atoms with Crippen LogP contribution in [0.15, 0.2) is 122 Å². The van der Waals surface area contributed by atoms with Crippen molar-refractivity contribution in [3.8, 4) is 0 Å². The third-order valence-electron chi connectivity index (χ3n) is 11.5. The fraction of sp³-hybridized carbons (Fsp3) is 0.346. The second kappa shape index (κ2) is 21.3. The summed E-state index contributed by atoms with van der Waals surface area (Å²) in [7, 11) is 22.0. The topological polar surface area (TPSA) is 14.2 Å². The molecule has 2 heterocycles. The number of benzene rings is 4. The predicted octanol–water partition coefficient (Wildman–Crippen LogP) is 10.1. The lowest BCUT2D eigenvalue weighted by Crippen LogP contribution is -2.44. The highest BCUT2D eigenvalue weighted by molar-refractivity contribution is 8.76. The van der Waals surface area contributed by atoms with E-state index in [-0.39, 0.29) is 0 Å². The van der Waals surface area contributed by atoms with Crippen LogP contribution >= 0.6 is 21.6 Å². The highest BCUT2D eigenvalue weighted by Gasteiger charge is 2.18. The van der Waals surface area contributed by atoms with Crippen molar-refractivity contribution in [3.63, 3.8) is 0 Å². The minimum atomic E-state index is 1.05. The molecule has 0 N–H and O–H groups in total. The molecule has 0 aliphatic heterocycles. The van der Waals surface area contributed by atoms with Gasteiger partial charge in [0, 0.05) is 63.8 Å². The van der Waals surface area contributed by atoms with E-state index in [1.807, 2.05) is 21.6 Å². The van der Waals surface area contributed by atoms with Gasteiger partial charge in [-0.05, 0) is 80.2 Å². The van der Waals surface area contributed by atoms with Gasteiger partial charge in [-0.1, -0.05) is 82.3 Å². The number of aryl methyl sites for hydroxylation is 2. The Morgan fingerprint density at radius 2 is 0.783 bits per heavy atom. The molecule has 0 saturated carbocycles. The zero-order valence-corrected chi connectivity index (χ0v) is 39.1. The van der Waals surface area contributed by atoms with E-state index in [4.69, 9.17) is 0 Å². The first-order valence-corrected chi connectivity index (χ1v) is 23.9. The van der Waals surface area contributed by atoms with Gasteiger partial charge in [-0.2, -0.15) is 0 Å². The van der Waals surface area contributed by atoms with Gasteiger partial charge in [0.05, 0.1) is 78.7 Å². The quantitative estimate of drug-likeness (QED) is 0.0310. The van der Waals surface area contributed by atoms with Gasteiger partial charge < -0.3 is 18.8 Å². The van der Waals surface area contributed by atoms with Crippen LogP contribution in [0.3, 0.4) is 0 Å². The summed E-state index contributed by atoms with van der Waals surface area (Å²) in [6, 6.07) is 35.5. The molecule has 0 fully saturated rings. The summed E-state index contributed by atoms with van der Waals surface area (Å²) < 4.78 is 6.77. The smallest absolute Gasteiger partial charge is 0.169 e. The van der Waals surface area contributed by atoms with Crippen molar-refractivity contribution in [3.05, 3.63) is 144 Å². The third-order valence-corrected chi connectivity index (χ3v) is 13.9. The molecule has 0 radical (unpaired) electrons. The van der Waals surface area contributed by atoms with Crippen LogP contribution in [0.4, 0.5) is 11.4 Å². The second-order valence-electron chi connectivity index (χ2n) is 17.9. The Bertz CT molecular complexity index is 2180. The van der Waals surface area contributed by atoms with Gasteiger partial charge in [0.1, 0.15) is 0 Å². The van der Waals surface area contributed by atoms with Gasteiger partial charge in [-0.25, -0.2) is 9.13 Å². The van der Waals surface area contributed by atoms with E-state index in [0.717, 1.165) is 22.1 Å². The molecule has 0 saturated heterocycles. The molecule has 0 aliphatic rings. The normalized spacial score (nSPS) is 12.3. The van der Waals surface area contributed by atoms with Gasteiger partial charge in [-0.3, -0.25) is 0 Å². The first-order chi connectivity index (χ1) is 28.8. The van der Waals surface area contributed by atoms with Crippen LogP contribution in [-0.2, 0) is 13.1 Å². The largest absolute Gasteiger partial charge is 0.378 e. The van der Waals surface area contributed by atoms with Crippen LogP contribution in [0, 0.1) is 0 Å². The molecule has 0 atom stereocenters. The average Bonchev–Trinajstić information content (AvgIpc) is 3.23. The Labute approximate surface area is 369 Å². The highest BCUT2D eigenvalue weighted by Crippen LogP contribution is 2.25. The lowest BCUT2D eigenvalue weighted by atomic mass is 10.1. The molecule has 4 aromatic carbocycles. The van der Waals surface area contributed by atoms with E-state index < -0.39 is 0 Å².